The van der Waals surface area contributed by atoms with Crippen molar-refractivity contribution >= 4 is 16.9 Å². The third kappa shape index (κ3) is 0.894. The van der Waals surface area contributed by atoms with Crippen molar-refractivity contribution in [3.8, 4) is 0 Å². The summed E-state index contributed by atoms with van der Waals surface area (Å²) in [5.74, 6) is 0.339. The molecule has 0 amide bonds. The van der Waals surface area contributed by atoms with E-state index in [0.717, 1.165) is 0 Å². The molecule has 0 aromatic heterocycles. The monoisotopic (exact) mass is 118 g/mol. The molecule has 4 nitrogen and oxygen atoms in total. The van der Waals surface area contributed by atoms with Crippen molar-refractivity contribution in [1.82, 2.24) is 0 Å². The zero-order valence-corrected chi connectivity index (χ0v) is 4.31. The van der Waals surface area contributed by atoms with E-state index in [1.54, 1.807) is 0 Å². The molecule has 0 saturated heterocycles. The summed E-state index contributed by atoms with van der Waals surface area (Å²) in [6.45, 7) is 0. The van der Waals surface area contributed by atoms with Crippen LogP contribution < -0.4 is 5.73 Å². The summed E-state index contributed by atoms with van der Waals surface area (Å²) >= 11 is 1.25. The van der Waals surface area contributed by atoms with Gasteiger partial charge in [0.2, 0.25) is 5.17 Å². The Morgan fingerprint density at radius 2 is 2.71 bits per heavy atom. The lowest BCUT2D eigenvalue weighted by Crippen LogP contribution is -2.01. The maximum atomic E-state index is 10.1. The Morgan fingerprint density at radius 1 is 2.00 bits per heavy atom. The number of nitrogens with two attached hydrogens (primary N) is 1. The van der Waals surface area contributed by atoms with Crippen LogP contribution in [0.1, 0.15) is 0 Å². The second kappa shape index (κ2) is 1.49. The molecule has 7 heavy (non-hydrogen) atoms. The van der Waals surface area contributed by atoms with Gasteiger partial charge in [-0.1, -0.05) is 0 Å². The zero-order valence-electron chi connectivity index (χ0n) is 3.50. The van der Waals surface area contributed by atoms with Crippen molar-refractivity contribution < 1.29 is 4.87 Å². The Balaban J connectivity index is 2.67. The van der Waals surface area contributed by atoms with Gasteiger partial charge in [0.1, 0.15) is 0 Å². The van der Waals surface area contributed by atoms with E-state index in [9.17, 15) is 4.91 Å². The van der Waals surface area contributed by atoms with Gasteiger partial charge in [0.15, 0.2) is 4.87 Å². The Bertz CT molecular complexity index is 131. The molecule has 1 rings (SSSR count). The summed E-state index contributed by atoms with van der Waals surface area (Å²) < 4.78 is 0. The minimum absolute atomic E-state index is 0.339. The number of nitrogens with zero attached hydrogens (tertiary/aromatic N) is 2. The number of nitroso groups, excluding NO2 is 1. The largest absolute Gasteiger partial charge is 0.373 e. The first-order valence-electron chi connectivity index (χ1n) is 1.70. The quantitative estimate of drug-likeness (QED) is 0.444. The molecule has 0 fully saturated rings. The molecule has 38 valence electrons. The maximum absolute atomic E-state index is 10.1. The van der Waals surface area contributed by atoms with E-state index in [4.69, 9.17) is 5.73 Å². The van der Waals surface area contributed by atoms with Gasteiger partial charge in [-0.3, -0.25) is 0 Å². The van der Waals surface area contributed by atoms with Crippen LogP contribution in [-0.4, -0.2) is 15.9 Å². The summed E-state index contributed by atoms with van der Waals surface area (Å²) in [6, 6.07) is 0. The van der Waals surface area contributed by atoms with E-state index in [-0.39, 0.29) is 0 Å². The lowest BCUT2D eigenvalue weighted by molar-refractivity contribution is -0.530. The summed E-state index contributed by atoms with van der Waals surface area (Å²) in [7, 11) is 0. The minimum atomic E-state index is 0.339. The number of rotatable bonds is 0. The highest BCUT2D eigenvalue weighted by molar-refractivity contribution is 8.13. The summed E-state index contributed by atoms with van der Waals surface area (Å²) in [6.07, 6.45) is 0. The third-order valence-corrected chi connectivity index (χ3v) is 1.26. The Morgan fingerprint density at radius 3 is 2.86 bits per heavy atom. The molecular formula is C2H4N3OS+. The topological polar surface area (TPSA) is 58.5 Å². The van der Waals surface area contributed by atoms with Crippen LogP contribution in [0, 0.1) is 4.91 Å². The molecular weight excluding hydrogens is 114 g/mol. The summed E-state index contributed by atoms with van der Waals surface area (Å²) in [5, 5.41) is 3.68. The highest BCUT2D eigenvalue weighted by Crippen LogP contribution is 2.06. The van der Waals surface area contributed by atoms with Gasteiger partial charge in [-0.25, -0.2) is 0 Å². The fourth-order valence-electron chi connectivity index (χ4n) is 0.289. The standard InChI is InChI=1S/C2H4N3OS/c3-2-4-5(6)1-7-2/h1H2,(H2,3,4,6)/q+1. The summed E-state index contributed by atoms with van der Waals surface area (Å²) in [5.41, 5.74) is 5.10. The van der Waals surface area contributed by atoms with Crippen molar-refractivity contribution in [3.63, 3.8) is 0 Å². The molecule has 0 radical (unpaired) electrons. The normalized spacial score (nSPS) is 20.0. The number of hydrogen-bond acceptors (Lipinski definition) is 3. The molecule has 0 aromatic rings. The number of hydrogen-bond donors (Lipinski definition) is 1. The third-order valence-electron chi connectivity index (χ3n) is 0.533. The van der Waals surface area contributed by atoms with E-state index in [1.807, 2.05) is 0 Å². The fraction of sp³-hybridized carbons (Fsp3) is 0.500. The molecule has 0 saturated carbocycles. The number of hydrazone groups is 1. The molecule has 1 aliphatic heterocycles. The van der Waals surface area contributed by atoms with E-state index < -0.39 is 0 Å². The maximum Gasteiger partial charge on any atom is 0.280 e. The van der Waals surface area contributed by atoms with Crippen LogP contribution >= 0.6 is 11.8 Å². The van der Waals surface area contributed by atoms with E-state index >= 15 is 0 Å². The second-order valence-corrected chi connectivity index (χ2v) is 2.03. The molecule has 2 N–H and O–H groups in total. The summed E-state index contributed by atoms with van der Waals surface area (Å²) in [4.78, 5) is 10.6. The molecule has 0 aliphatic carbocycles. The van der Waals surface area contributed by atoms with Crippen molar-refractivity contribution in [2.75, 3.05) is 5.88 Å². The highest BCUT2D eigenvalue weighted by atomic mass is 32.2. The molecule has 0 unspecified atom stereocenters. The fourth-order valence-corrected chi connectivity index (χ4v) is 0.738. The predicted octanol–water partition coefficient (Wildman–Crippen LogP) is -0.301. The van der Waals surface area contributed by atoms with Crippen molar-refractivity contribution in [2.45, 2.75) is 0 Å². The van der Waals surface area contributed by atoms with Gasteiger partial charge in [0.25, 0.3) is 5.88 Å². The smallest absolute Gasteiger partial charge is 0.280 e. The van der Waals surface area contributed by atoms with Crippen LogP contribution in [-0.2, 0) is 0 Å². The van der Waals surface area contributed by atoms with Crippen LogP contribution in [0.3, 0.4) is 0 Å². The second-order valence-electron chi connectivity index (χ2n) is 1.06. The van der Waals surface area contributed by atoms with Gasteiger partial charge < -0.3 is 5.73 Å². The molecule has 0 atom stereocenters. The van der Waals surface area contributed by atoms with Crippen LogP contribution in [0.25, 0.3) is 0 Å². The van der Waals surface area contributed by atoms with Crippen LogP contribution in [0.2, 0.25) is 0 Å². The average molecular weight is 118 g/mol. The van der Waals surface area contributed by atoms with Gasteiger partial charge >= 0.3 is 0 Å². The Hall–Kier alpha value is -0.580. The van der Waals surface area contributed by atoms with Gasteiger partial charge in [-0.05, 0) is 11.8 Å². The molecule has 0 bridgehead atoms. The minimum Gasteiger partial charge on any atom is -0.373 e. The van der Waals surface area contributed by atoms with Crippen molar-refractivity contribution in [1.29, 1.82) is 0 Å². The predicted molar refractivity (Wildman–Crippen MR) is 27.7 cm³/mol. The number of thioether (sulfide) groups is 1. The van der Waals surface area contributed by atoms with E-state index in [0.29, 0.717) is 15.9 Å². The SMILES string of the molecule is NC1=N[N+](=O)CS1. The highest BCUT2D eigenvalue weighted by Gasteiger charge is 2.18. The van der Waals surface area contributed by atoms with Gasteiger partial charge in [-0.2, -0.15) is 0 Å². The Kier molecular flexibility index (Phi) is 0.976. The van der Waals surface area contributed by atoms with Crippen LogP contribution in [0.4, 0.5) is 0 Å². The van der Waals surface area contributed by atoms with Crippen LogP contribution in [0.5, 0.6) is 0 Å². The zero-order chi connectivity index (χ0) is 5.28. The molecule has 0 aromatic carbocycles. The van der Waals surface area contributed by atoms with Gasteiger partial charge in [0, 0.05) is 0 Å². The lowest BCUT2D eigenvalue weighted by Gasteiger charge is -1.68. The van der Waals surface area contributed by atoms with Crippen molar-refractivity contribution in [3.05, 3.63) is 4.91 Å². The first kappa shape index (κ1) is 4.58. The average Bonchev–Trinajstić information content (AvgIpc) is 1.87. The molecule has 1 aliphatic rings. The van der Waals surface area contributed by atoms with Gasteiger partial charge in [0.05, 0.1) is 10.0 Å². The lowest BCUT2D eigenvalue weighted by atomic mass is 11.3. The molecule has 1 heterocycles. The first-order valence-corrected chi connectivity index (χ1v) is 2.69. The first-order chi connectivity index (χ1) is 3.29. The Labute approximate surface area is 44.3 Å². The molecule has 0 spiro atoms. The molecule has 5 heteroatoms. The van der Waals surface area contributed by atoms with E-state index in [1.165, 1.54) is 11.8 Å². The van der Waals surface area contributed by atoms with Gasteiger partial charge in [-0.15, -0.1) is 0 Å². The number of amidine groups is 1. The van der Waals surface area contributed by atoms with Crippen LogP contribution in [0.15, 0.2) is 5.10 Å². The van der Waals surface area contributed by atoms with Crippen molar-refractivity contribution in [2.24, 2.45) is 10.8 Å². The van der Waals surface area contributed by atoms with E-state index in [2.05, 4.69) is 5.10 Å².